The van der Waals surface area contributed by atoms with E-state index in [1.165, 1.54) is 0 Å². The van der Waals surface area contributed by atoms with Gasteiger partial charge < -0.3 is 14.0 Å². The molecule has 116 valence electrons. The van der Waals surface area contributed by atoms with Crippen molar-refractivity contribution in [3.63, 3.8) is 0 Å². The Morgan fingerprint density at radius 2 is 1.91 bits per heavy atom. The zero-order valence-electron chi connectivity index (χ0n) is 12.2. The van der Waals surface area contributed by atoms with Gasteiger partial charge in [-0.25, -0.2) is 4.98 Å². The molecule has 23 heavy (non-hydrogen) atoms. The van der Waals surface area contributed by atoms with E-state index in [1.54, 1.807) is 22.8 Å². The summed E-state index contributed by atoms with van der Waals surface area (Å²) in [5.41, 5.74) is 2.17. The van der Waals surface area contributed by atoms with Gasteiger partial charge in [-0.2, -0.15) is 0 Å². The van der Waals surface area contributed by atoms with Crippen molar-refractivity contribution in [2.75, 3.05) is 13.2 Å². The summed E-state index contributed by atoms with van der Waals surface area (Å²) in [4.78, 5) is 16.9. The van der Waals surface area contributed by atoms with Gasteiger partial charge in [0.2, 0.25) is 5.28 Å². The molecule has 1 aliphatic rings. The number of hydrogen-bond acceptors (Lipinski definition) is 4. The minimum atomic E-state index is -0.0629. The van der Waals surface area contributed by atoms with Crippen molar-refractivity contribution in [2.45, 2.75) is 6.54 Å². The highest BCUT2D eigenvalue weighted by molar-refractivity contribution is 6.29. The van der Waals surface area contributed by atoms with Crippen molar-refractivity contribution in [2.24, 2.45) is 0 Å². The molecular formula is C17H13ClN2O3. The smallest absolute Gasteiger partial charge is 0.204 e. The number of carbonyl (C=O) groups is 1. The molecular weight excluding hydrogens is 316 g/mol. The molecule has 0 bridgehead atoms. The number of ketones is 1. The van der Waals surface area contributed by atoms with E-state index in [9.17, 15) is 4.79 Å². The molecule has 0 fully saturated rings. The highest BCUT2D eigenvalue weighted by Gasteiger charge is 2.17. The molecule has 2 aromatic carbocycles. The van der Waals surface area contributed by atoms with Crippen LogP contribution in [-0.4, -0.2) is 28.5 Å². The van der Waals surface area contributed by atoms with Crippen LogP contribution in [0.1, 0.15) is 10.4 Å². The first-order chi connectivity index (χ1) is 11.2. The highest BCUT2D eigenvalue weighted by atomic mass is 35.5. The summed E-state index contributed by atoms with van der Waals surface area (Å²) < 4.78 is 12.7. The number of hydrogen-bond donors (Lipinski definition) is 0. The van der Waals surface area contributed by atoms with Crippen LogP contribution in [0.15, 0.2) is 42.5 Å². The fraction of sp³-hybridized carbons (Fsp3) is 0.176. The van der Waals surface area contributed by atoms with Crippen LogP contribution in [0.5, 0.6) is 11.5 Å². The molecule has 0 saturated carbocycles. The molecule has 0 saturated heterocycles. The van der Waals surface area contributed by atoms with Gasteiger partial charge in [0.15, 0.2) is 17.3 Å². The van der Waals surface area contributed by atoms with E-state index in [0.29, 0.717) is 35.6 Å². The van der Waals surface area contributed by atoms with Crippen molar-refractivity contribution >= 4 is 28.4 Å². The largest absolute Gasteiger partial charge is 0.486 e. The monoisotopic (exact) mass is 328 g/mol. The molecule has 4 rings (SSSR count). The molecule has 1 aromatic heterocycles. The summed E-state index contributed by atoms with van der Waals surface area (Å²) >= 11 is 6.17. The highest BCUT2D eigenvalue weighted by Crippen LogP contribution is 2.31. The summed E-state index contributed by atoms with van der Waals surface area (Å²) in [6.45, 7) is 1.14. The van der Waals surface area contributed by atoms with E-state index in [1.807, 2.05) is 24.3 Å². The first-order valence-corrected chi connectivity index (χ1v) is 7.64. The lowest BCUT2D eigenvalue weighted by atomic mass is 10.1. The molecule has 0 N–H and O–H groups in total. The lowest BCUT2D eigenvalue weighted by Gasteiger charge is -2.18. The zero-order chi connectivity index (χ0) is 15.8. The van der Waals surface area contributed by atoms with E-state index in [0.717, 1.165) is 11.0 Å². The minimum absolute atomic E-state index is 0.0629. The quantitative estimate of drug-likeness (QED) is 0.692. The second-order valence-corrected chi connectivity index (χ2v) is 5.58. The fourth-order valence-electron chi connectivity index (χ4n) is 2.65. The number of nitrogens with zero attached hydrogens (tertiary/aromatic N) is 2. The number of carbonyl (C=O) groups excluding carboxylic acids is 1. The number of ether oxygens (including phenoxy) is 2. The second kappa shape index (κ2) is 5.59. The Morgan fingerprint density at radius 1 is 1.13 bits per heavy atom. The van der Waals surface area contributed by atoms with E-state index in [2.05, 4.69) is 4.98 Å². The average Bonchev–Trinajstić information content (AvgIpc) is 2.90. The number of rotatable bonds is 3. The van der Waals surface area contributed by atoms with Gasteiger partial charge >= 0.3 is 0 Å². The summed E-state index contributed by atoms with van der Waals surface area (Å²) in [6.07, 6.45) is 0. The average molecular weight is 329 g/mol. The molecule has 2 heterocycles. The molecule has 0 atom stereocenters. The van der Waals surface area contributed by atoms with Gasteiger partial charge in [0.1, 0.15) is 13.2 Å². The van der Waals surface area contributed by atoms with E-state index < -0.39 is 0 Å². The van der Waals surface area contributed by atoms with Gasteiger partial charge in [-0.1, -0.05) is 12.1 Å². The molecule has 0 amide bonds. The van der Waals surface area contributed by atoms with Crippen molar-refractivity contribution < 1.29 is 14.3 Å². The van der Waals surface area contributed by atoms with Crippen LogP contribution < -0.4 is 9.47 Å². The first kappa shape index (κ1) is 14.1. The normalized spacial score (nSPS) is 13.3. The Balaban J connectivity index is 1.66. The number of halogens is 1. The van der Waals surface area contributed by atoms with Crippen LogP contribution in [0, 0.1) is 0 Å². The van der Waals surface area contributed by atoms with Crippen molar-refractivity contribution in [3.8, 4) is 11.5 Å². The van der Waals surface area contributed by atoms with Gasteiger partial charge in [0.05, 0.1) is 17.6 Å². The van der Waals surface area contributed by atoms with Crippen LogP contribution in [-0.2, 0) is 6.54 Å². The number of aromatic nitrogens is 2. The van der Waals surface area contributed by atoms with Gasteiger partial charge in [0, 0.05) is 5.56 Å². The molecule has 0 spiro atoms. The number of benzene rings is 2. The van der Waals surface area contributed by atoms with Gasteiger partial charge in [-0.15, -0.1) is 0 Å². The third-order valence-corrected chi connectivity index (χ3v) is 4.06. The second-order valence-electron chi connectivity index (χ2n) is 5.24. The Labute approximate surface area is 137 Å². The maximum absolute atomic E-state index is 12.6. The maximum Gasteiger partial charge on any atom is 0.204 e. The van der Waals surface area contributed by atoms with Crippen LogP contribution >= 0.6 is 11.6 Å². The predicted octanol–water partition coefficient (Wildman–Crippen LogP) is 3.34. The van der Waals surface area contributed by atoms with E-state index in [-0.39, 0.29) is 12.3 Å². The Kier molecular flexibility index (Phi) is 3.42. The van der Waals surface area contributed by atoms with Gasteiger partial charge in [-0.3, -0.25) is 4.79 Å². The SMILES string of the molecule is O=C(Cn1c(Cl)nc2ccccc21)c1ccc2c(c1)OCCO2. The molecule has 6 heteroatoms. The van der Waals surface area contributed by atoms with Crippen molar-refractivity contribution in [3.05, 3.63) is 53.3 Å². The number of fused-ring (bicyclic) bond motifs is 2. The van der Waals surface area contributed by atoms with Crippen LogP contribution in [0.4, 0.5) is 0 Å². The van der Waals surface area contributed by atoms with Gasteiger partial charge in [0.25, 0.3) is 0 Å². The summed E-state index contributed by atoms with van der Waals surface area (Å²) in [7, 11) is 0. The molecule has 3 aromatic rings. The van der Waals surface area contributed by atoms with Crippen LogP contribution in [0.2, 0.25) is 5.28 Å². The van der Waals surface area contributed by atoms with Gasteiger partial charge in [-0.05, 0) is 41.9 Å². The van der Waals surface area contributed by atoms with Crippen LogP contribution in [0.25, 0.3) is 11.0 Å². The molecule has 0 radical (unpaired) electrons. The van der Waals surface area contributed by atoms with E-state index in [4.69, 9.17) is 21.1 Å². The molecule has 5 nitrogen and oxygen atoms in total. The third-order valence-electron chi connectivity index (χ3n) is 3.77. The van der Waals surface area contributed by atoms with Crippen molar-refractivity contribution in [1.29, 1.82) is 0 Å². The summed E-state index contributed by atoms with van der Waals surface area (Å²) in [5, 5.41) is 0.303. The topological polar surface area (TPSA) is 53.4 Å². The third kappa shape index (κ3) is 2.53. The van der Waals surface area contributed by atoms with E-state index >= 15 is 0 Å². The number of imidazole rings is 1. The lowest BCUT2D eigenvalue weighted by Crippen LogP contribution is -2.16. The minimum Gasteiger partial charge on any atom is -0.486 e. The summed E-state index contributed by atoms with van der Waals surface area (Å²) in [5.74, 6) is 1.20. The van der Waals surface area contributed by atoms with Crippen molar-refractivity contribution in [1.82, 2.24) is 9.55 Å². The fourth-order valence-corrected chi connectivity index (χ4v) is 2.89. The first-order valence-electron chi connectivity index (χ1n) is 7.26. The predicted molar refractivity (Wildman–Crippen MR) is 86.5 cm³/mol. The standard InChI is InChI=1S/C17H13ClN2O3/c18-17-19-12-3-1-2-4-13(12)20(17)10-14(21)11-5-6-15-16(9-11)23-8-7-22-15/h1-6,9H,7-8,10H2. The maximum atomic E-state index is 12.6. The zero-order valence-corrected chi connectivity index (χ0v) is 12.9. The Hall–Kier alpha value is -2.53. The number of para-hydroxylation sites is 2. The summed E-state index contributed by atoms with van der Waals surface area (Å²) in [6, 6.07) is 12.8. The Morgan fingerprint density at radius 3 is 2.78 bits per heavy atom. The lowest BCUT2D eigenvalue weighted by molar-refractivity contribution is 0.0972. The molecule has 0 unspecified atom stereocenters. The molecule has 0 aliphatic carbocycles. The Bertz CT molecular complexity index is 904. The van der Waals surface area contributed by atoms with Crippen LogP contribution in [0.3, 0.4) is 0 Å². The molecule has 1 aliphatic heterocycles. The number of Topliss-reactive ketones (excluding diaryl/α,β-unsaturated/α-hetero) is 1.